The molecular formula is C23H22ClFN2O6S. The monoisotopic (exact) mass is 508 g/mol. The van der Waals surface area contributed by atoms with E-state index < -0.39 is 28.3 Å². The summed E-state index contributed by atoms with van der Waals surface area (Å²) in [6.45, 7) is -0.606. The van der Waals surface area contributed by atoms with Gasteiger partial charge >= 0.3 is 0 Å². The molecule has 0 saturated carbocycles. The topological polar surface area (TPSA) is 94.2 Å². The van der Waals surface area contributed by atoms with Crippen molar-refractivity contribution in [2.75, 3.05) is 37.5 Å². The maximum Gasteiger partial charge on any atom is 0.264 e. The van der Waals surface area contributed by atoms with E-state index in [4.69, 9.17) is 25.8 Å². The second kappa shape index (κ2) is 10.6. The van der Waals surface area contributed by atoms with Crippen LogP contribution in [-0.4, -0.2) is 42.2 Å². The number of ether oxygens (including phenoxy) is 3. The summed E-state index contributed by atoms with van der Waals surface area (Å²) in [6.07, 6.45) is 0. The number of methoxy groups -OCH3 is 3. The van der Waals surface area contributed by atoms with Crippen LogP contribution in [0, 0.1) is 5.82 Å². The third-order valence-electron chi connectivity index (χ3n) is 4.80. The molecule has 3 aromatic rings. The highest BCUT2D eigenvalue weighted by atomic mass is 35.5. The van der Waals surface area contributed by atoms with Gasteiger partial charge in [-0.1, -0.05) is 11.6 Å². The Morgan fingerprint density at radius 2 is 1.62 bits per heavy atom. The number of carbonyl (C=O) groups is 1. The highest BCUT2D eigenvalue weighted by molar-refractivity contribution is 7.92. The van der Waals surface area contributed by atoms with Gasteiger partial charge in [-0.25, -0.2) is 12.8 Å². The number of hydrogen-bond acceptors (Lipinski definition) is 6. The van der Waals surface area contributed by atoms with Crippen molar-refractivity contribution < 1.29 is 31.8 Å². The molecule has 0 radical (unpaired) electrons. The van der Waals surface area contributed by atoms with Gasteiger partial charge in [0, 0.05) is 11.8 Å². The van der Waals surface area contributed by atoms with Crippen molar-refractivity contribution in [2.24, 2.45) is 0 Å². The van der Waals surface area contributed by atoms with E-state index in [1.165, 1.54) is 45.6 Å². The second-order valence-electron chi connectivity index (χ2n) is 6.90. The number of nitrogens with zero attached hydrogens (tertiary/aromatic N) is 1. The summed E-state index contributed by atoms with van der Waals surface area (Å²) in [7, 11) is -0.00314. The number of rotatable bonds is 9. The van der Waals surface area contributed by atoms with Gasteiger partial charge in [0.15, 0.2) is 11.5 Å². The van der Waals surface area contributed by atoms with Crippen molar-refractivity contribution in [2.45, 2.75) is 4.90 Å². The number of benzene rings is 3. The standard InChI is InChI=1S/C23H22ClFN2O6S/c1-31-17-7-4-15(5-8-17)26-23(28)14-27(16-6-10-20(25)19(24)12-16)34(29,30)18-9-11-21(32-2)22(13-18)33-3/h4-13H,14H2,1-3H3,(H,26,28). The summed E-state index contributed by atoms with van der Waals surface area (Å²) < 4.78 is 57.2. The molecule has 1 amide bonds. The van der Waals surface area contributed by atoms with E-state index in [-0.39, 0.29) is 21.4 Å². The fourth-order valence-corrected chi connectivity index (χ4v) is 4.67. The SMILES string of the molecule is COc1ccc(NC(=O)CN(c2ccc(F)c(Cl)c2)S(=O)(=O)c2ccc(OC)c(OC)c2)cc1. The molecule has 1 N–H and O–H groups in total. The van der Waals surface area contributed by atoms with Crippen molar-refractivity contribution in [1.29, 1.82) is 0 Å². The lowest BCUT2D eigenvalue weighted by atomic mass is 10.3. The largest absolute Gasteiger partial charge is 0.497 e. The second-order valence-corrected chi connectivity index (χ2v) is 9.17. The zero-order valence-corrected chi connectivity index (χ0v) is 20.1. The van der Waals surface area contributed by atoms with Gasteiger partial charge in [0.25, 0.3) is 10.0 Å². The average molecular weight is 509 g/mol. The summed E-state index contributed by atoms with van der Waals surface area (Å²) in [5, 5.41) is 2.34. The van der Waals surface area contributed by atoms with Crippen molar-refractivity contribution in [3.8, 4) is 17.2 Å². The molecule has 0 bridgehead atoms. The Morgan fingerprint density at radius 3 is 2.21 bits per heavy atom. The van der Waals surface area contributed by atoms with E-state index in [1.807, 2.05) is 0 Å². The summed E-state index contributed by atoms with van der Waals surface area (Å²) in [5.41, 5.74) is 0.442. The molecule has 3 rings (SSSR count). The van der Waals surface area contributed by atoms with Crippen molar-refractivity contribution >= 4 is 38.9 Å². The van der Waals surface area contributed by atoms with E-state index in [0.29, 0.717) is 17.2 Å². The molecule has 180 valence electrons. The lowest BCUT2D eigenvalue weighted by Gasteiger charge is -2.25. The lowest BCUT2D eigenvalue weighted by Crippen LogP contribution is -2.38. The minimum absolute atomic E-state index is 0.00562. The molecule has 0 saturated heterocycles. The van der Waals surface area contributed by atoms with Crippen LogP contribution in [0.3, 0.4) is 0 Å². The molecule has 0 aliphatic rings. The molecule has 0 fully saturated rings. The van der Waals surface area contributed by atoms with E-state index in [1.54, 1.807) is 24.3 Å². The smallest absolute Gasteiger partial charge is 0.264 e. The predicted octanol–water partition coefficient (Wildman–Crippen LogP) is 4.34. The maximum atomic E-state index is 13.8. The molecule has 0 aliphatic carbocycles. The van der Waals surface area contributed by atoms with Crippen LogP contribution >= 0.6 is 11.6 Å². The van der Waals surface area contributed by atoms with Gasteiger partial charge in [0.2, 0.25) is 5.91 Å². The fraction of sp³-hybridized carbons (Fsp3) is 0.174. The molecule has 0 unspecified atom stereocenters. The van der Waals surface area contributed by atoms with Crippen LogP contribution in [0.2, 0.25) is 5.02 Å². The quantitative estimate of drug-likeness (QED) is 0.462. The Hall–Kier alpha value is -3.50. The molecule has 3 aromatic carbocycles. The van der Waals surface area contributed by atoms with Gasteiger partial charge in [-0.2, -0.15) is 0 Å². The Balaban J connectivity index is 1.99. The number of carbonyl (C=O) groups excluding carboxylic acids is 1. The Morgan fingerprint density at radius 1 is 0.941 bits per heavy atom. The molecular weight excluding hydrogens is 487 g/mol. The molecule has 0 heterocycles. The highest BCUT2D eigenvalue weighted by Gasteiger charge is 2.29. The number of hydrogen-bond donors (Lipinski definition) is 1. The number of anilines is 2. The zero-order valence-electron chi connectivity index (χ0n) is 18.5. The molecule has 34 heavy (non-hydrogen) atoms. The van der Waals surface area contributed by atoms with E-state index in [2.05, 4.69) is 5.32 Å². The minimum atomic E-state index is -4.30. The molecule has 0 atom stereocenters. The minimum Gasteiger partial charge on any atom is -0.497 e. The van der Waals surface area contributed by atoms with Crippen LogP contribution in [0.15, 0.2) is 65.6 Å². The highest BCUT2D eigenvalue weighted by Crippen LogP contribution is 2.33. The molecule has 0 aromatic heterocycles. The first-order valence-electron chi connectivity index (χ1n) is 9.83. The van der Waals surface area contributed by atoms with E-state index >= 15 is 0 Å². The molecule has 0 spiro atoms. The van der Waals surface area contributed by atoms with Gasteiger partial charge in [-0.05, 0) is 54.6 Å². The van der Waals surface area contributed by atoms with Gasteiger partial charge in [-0.3, -0.25) is 9.10 Å². The number of sulfonamides is 1. The van der Waals surface area contributed by atoms with Crippen molar-refractivity contribution in [1.82, 2.24) is 0 Å². The van der Waals surface area contributed by atoms with Gasteiger partial charge in [0.1, 0.15) is 18.1 Å². The number of amides is 1. The zero-order chi connectivity index (χ0) is 24.9. The molecule has 8 nitrogen and oxygen atoms in total. The van der Waals surface area contributed by atoms with Crippen molar-refractivity contribution in [3.05, 3.63) is 71.5 Å². The summed E-state index contributed by atoms with van der Waals surface area (Å²) in [5.74, 6) is -0.249. The summed E-state index contributed by atoms with van der Waals surface area (Å²) >= 11 is 5.89. The van der Waals surface area contributed by atoms with Crippen LogP contribution in [0.1, 0.15) is 0 Å². The average Bonchev–Trinajstić information content (AvgIpc) is 2.84. The fourth-order valence-electron chi connectivity index (χ4n) is 3.06. The van der Waals surface area contributed by atoms with Crippen molar-refractivity contribution in [3.63, 3.8) is 0 Å². The van der Waals surface area contributed by atoms with Crippen LogP contribution in [0.25, 0.3) is 0 Å². The van der Waals surface area contributed by atoms with Gasteiger partial charge < -0.3 is 19.5 Å². The summed E-state index contributed by atoms with van der Waals surface area (Å²) in [6, 6.07) is 13.9. The van der Waals surface area contributed by atoms with Crippen LogP contribution in [0.5, 0.6) is 17.2 Å². The van der Waals surface area contributed by atoms with Gasteiger partial charge in [-0.15, -0.1) is 0 Å². The Labute approximate surface area is 201 Å². The van der Waals surface area contributed by atoms with Crippen LogP contribution in [-0.2, 0) is 14.8 Å². The van der Waals surface area contributed by atoms with Crippen LogP contribution < -0.4 is 23.8 Å². The normalized spacial score (nSPS) is 11.0. The first kappa shape index (κ1) is 25.1. The third kappa shape index (κ3) is 5.52. The third-order valence-corrected chi connectivity index (χ3v) is 6.85. The first-order chi connectivity index (χ1) is 16.2. The maximum absolute atomic E-state index is 13.8. The summed E-state index contributed by atoms with van der Waals surface area (Å²) in [4.78, 5) is 12.6. The van der Waals surface area contributed by atoms with Gasteiger partial charge in [0.05, 0.1) is 36.9 Å². The molecule has 0 aliphatic heterocycles. The Bertz CT molecular complexity index is 1290. The van der Waals surface area contributed by atoms with E-state index in [9.17, 15) is 17.6 Å². The number of halogens is 2. The Kier molecular flexibility index (Phi) is 7.85. The lowest BCUT2D eigenvalue weighted by molar-refractivity contribution is -0.114. The van der Waals surface area contributed by atoms with Crippen LogP contribution in [0.4, 0.5) is 15.8 Å². The predicted molar refractivity (Wildman–Crippen MR) is 127 cm³/mol. The van der Waals surface area contributed by atoms with E-state index in [0.717, 1.165) is 16.4 Å². The molecule has 11 heteroatoms. The number of nitrogens with one attached hydrogen (secondary N) is 1. The first-order valence-corrected chi connectivity index (χ1v) is 11.6.